The predicted octanol–water partition coefficient (Wildman–Crippen LogP) is 1.69. The first kappa shape index (κ1) is 15.3. The maximum absolute atomic E-state index is 12.6. The van der Waals surface area contributed by atoms with Crippen LogP contribution in [0.4, 0.5) is 5.82 Å². The van der Waals surface area contributed by atoms with Gasteiger partial charge >= 0.3 is 0 Å². The summed E-state index contributed by atoms with van der Waals surface area (Å²) >= 11 is 0. The zero-order valence-corrected chi connectivity index (χ0v) is 13.3. The second kappa shape index (κ2) is 6.70. The van der Waals surface area contributed by atoms with Gasteiger partial charge in [0, 0.05) is 31.6 Å². The van der Waals surface area contributed by atoms with Crippen LogP contribution >= 0.6 is 0 Å². The van der Waals surface area contributed by atoms with Gasteiger partial charge in [-0.2, -0.15) is 0 Å². The van der Waals surface area contributed by atoms with Gasteiger partial charge in [0.15, 0.2) is 5.82 Å². The molecular weight excluding hydrogens is 308 g/mol. The summed E-state index contributed by atoms with van der Waals surface area (Å²) in [7, 11) is 0. The van der Waals surface area contributed by atoms with Gasteiger partial charge in [0.05, 0.1) is 31.0 Å². The monoisotopic (exact) mass is 328 g/mol. The summed E-state index contributed by atoms with van der Waals surface area (Å²) in [6, 6.07) is 4.21. The van der Waals surface area contributed by atoms with Gasteiger partial charge in [-0.25, -0.2) is 4.98 Å². The summed E-state index contributed by atoms with van der Waals surface area (Å²) in [6.45, 7) is 2.15. The van der Waals surface area contributed by atoms with E-state index in [2.05, 4.69) is 20.2 Å². The third kappa shape index (κ3) is 3.18. The van der Waals surface area contributed by atoms with Crippen molar-refractivity contribution in [2.75, 3.05) is 18.5 Å². The molecule has 2 fully saturated rings. The lowest BCUT2D eigenvalue weighted by Crippen LogP contribution is -2.51. The molecule has 4 heterocycles. The Morgan fingerprint density at radius 3 is 3.17 bits per heavy atom. The van der Waals surface area contributed by atoms with Crippen LogP contribution in [-0.2, 0) is 16.1 Å². The Bertz CT molecular complexity index is 676. The molecule has 0 aromatic carbocycles. The lowest BCUT2D eigenvalue weighted by atomic mass is 9.89. The molecule has 0 spiro atoms. The molecule has 0 saturated carbocycles. The zero-order chi connectivity index (χ0) is 16.4. The van der Waals surface area contributed by atoms with Crippen LogP contribution in [0.1, 0.15) is 18.6 Å². The van der Waals surface area contributed by atoms with E-state index in [0.29, 0.717) is 24.9 Å². The number of furan rings is 1. The summed E-state index contributed by atoms with van der Waals surface area (Å²) in [5.41, 5.74) is 0. The summed E-state index contributed by atoms with van der Waals surface area (Å²) < 4.78 is 11.3. The number of hydrogen-bond acceptors (Lipinski definition) is 6. The molecule has 7 heteroatoms. The molecule has 1 amide bonds. The highest BCUT2D eigenvalue weighted by Crippen LogP contribution is 2.32. The van der Waals surface area contributed by atoms with Gasteiger partial charge < -0.3 is 14.5 Å². The standard InChI is InChI=1S/C17H20N4O3/c22-17(20-16-9-18-4-5-19-16)12-8-15-14(3-7-24-15)21(10-12)11-13-2-1-6-23-13/h1-2,4-6,9,12,14-15H,3,7-8,10-11H2,(H,19,20,22)/t12-,14+,15+/m0/s1. The number of nitrogens with one attached hydrogen (secondary N) is 1. The Kier molecular flexibility index (Phi) is 4.27. The van der Waals surface area contributed by atoms with Crippen LogP contribution in [0.3, 0.4) is 0 Å². The number of carbonyl (C=O) groups is 1. The van der Waals surface area contributed by atoms with E-state index in [1.165, 1.54) is 0 Å². The number of carbonyl (C=O) groups excluding carboxylic acids is 1. The van der Waals surface area contributed by atoms with Gasteiger partial charge in [-0.1, -0.05) is 0 Å². The van der Waals surface area contributed by atoms with Crippen LogP contribution in [-0.4, -0.2) is 46.1 Å². The van der Waals surface area contributed by atoms with E-state index < -0.39 is 0 Å². The van der Waals surface area contributed by atoms with Crippen LogP contribution < -0.4 is 5.32 Å². The molecule has 0 radical (unpaired) electrons. The largest absolute Gasteiger partial charge is 0.468 e. The number of anilines is 1. The number of amides is 1. The van der Waals surface area contributed by atoms with Crippen molar-refractivity contribution in [2.45, 2.75) is 31.5 Å². The molecule has 7 nitrogen and oxygen atoms in total. The maximum atomic E-state index is 12.6. The smallest absolute Gasteiger partial charge is 0.230 e. The lowest BCUT2D eigenvalue weighted by Gasteiger charge is -2.39. The predicted molar refractivity (Wildman–Crippen MR) is 86.0 cm³/mol. The average Bonchev–Trinajstić information content (AvgIpc) is 3.27. The zero-order valence-electron chi connectivity index (χ0n) is 13.3. The highest BCUT2D eigenvalue weighted by Gasteiger charge is 2.42. The van der Waals surface area contributed by atoms with Gasteiger partial charge in [0.1, 0.15) is 5.76 Å². The molecule has 1 N–H and O–H groups in total. The first-order valence-corrected chi connectivity index (χ1v) is 8.24. The third-order valence-electron chi connectivity index (χ3n) is 4.74. The summed E-state index contributed by atoms with van der Waals surface area (Å²) in [6.07, 6.45) is 8.23. The van der Waals surface area contributed by atoms with E-state index in [1.54, 1.807) is 24.9 Å². The molecule has 2 aromatic heterocycles. The Balaban J connectivity index is 1.46. The molecule has 0 unspecified atom stereocenters. The second-order valence-corrected chi connectivity index (χ2v) is 6.29. The van der Waals surface area contributed by atoms with E-state index in [4.69, 9.17) is 9.15 Å². The SMILES string of the molecule is O=C(Nc1cnccn1)[C@H]1C[C@H]2OCC[C@H]2N(Cc2ccco2)C1. The normalized spacial score (nSPS) is 26.9. The van der Waals surface area contributed by atoms with E-state index in [0.717, 1.165) is 25.2 Å². The van der Waals surface area contributed by atoms with Crippen molar-refractivity contribution in [1.29, 1.82) is 0 Å². The highest BCUT2D eigenvalue weighted by molar-refractivity contribution is 5.91. The fourth-order valence-corrected chi connectivity index (χ4v) is 3.62. The molecule has 24 heavy (non-hydrogen) atoms. The second-order valence-electron chi connectivity index (χ2n) is 6.29. The molecule has 126 valence electrons. The lowest BCUT2D eigenvalue weighted by molar-refractivity contribution is -0.124. The Hall–Kier alpha value is -2.25. The van der Waals surface area contributed by atoms with E-state index in [-0.39, 0.29) is 17.9 Å². The first-order valence-electron chi connectivity index (χ1n) is 8.24. The minimum Gasteiger partial charge on any atom is -0.468 e. The summed E-state index contributed by atoms with van der Waals surface area (Å²) in [5, 5.41) is 2.85. The molecule has 3 atom stereocenters. The first-order chi connectivity index (χ1) is 11.8. The molecule has 0 bridgehead atoms. The van der Waals surface area contributed by atoms with Crippen molar-refractivity contribution in [2.24, 2.45) is 5.92 Å². The molecule has 2 aromatic rings. The van der Waals surface area contributed by atoms with Gasteiger partial charge in [-0.15, -0.1) is 0 Å². The maximum Gasteiger partial charge on any atom is 0.230 e. The topological polar surface area (TPSA) is 80.5 Å². The van der Waals surface area contributed by atoms with Gasteiger partial charge in [0.25, 0.3) is 0 Å². The van der Waals surface area contributed by atoms with Crippen LogP contribution in [0.25, 0.3) is 0 Å². The van der Waals surface area contributed by atoms with Gasteiger partial charge in [-0.3, -0.25) is 14.7 Å². The molecule has 4 rings (SSSR count). The average molecular weight is 328 g/mol. The van der Waals surface area contributed by atoms with E-state index in [1.807, 2.05) is 12.1 Å². The van der Waals surface area contributed by atoms with Crippen molar-refractivity contribution in [1.82, 2.24) is 14.9 Å². The highest BCUT2D eigenvalue weighted by atomic mass is 16.5. The molecule has 2 saturated heterocycles. The van der Waals surface area contributed by atoms with E-state index in [9.17, 15) is 4.79 Å². The Labute approximate surface area is 140 Å². The van der Waals surface area contributed by atoms with Gasteiger partial charge in [-0.05, 0) is 25.0 Å². The van der Waals surface area contributed by atoms with Crippen molar-refractivity contribution < 1.29 is 13.9 Å². The number of rotatable bonds is 4. The van der Waals surface area contributed by atoms with Gasteiger partial charge in [0.2, 0.25) is 5.91 Å². The number of likely N-dealkylation sites (tertiary alicyclic amines) is 1. The number of hydrogen-bond donors (Lipinski definition) is 1. The van der Waals surface area contributed by atoms with Crippen LogP contribution in [0, 0.1) is 5.92 Å². The number of ether oxygens (including phenoxy) is 1. The number of fused-ring (bicyclic) bond motifs is 1. The third-order valence-corrected chi connectivity index (χ3v) is 4.74. The minimum atomic E-state index is -0.138. The van der Waals surface area contributed by atoms with E-state index >= 15 is 0 Å². The summed E-state index contributed by atoms with van der Waals surface area (Å²) in [5.74, 6) is 1.22. The molecule has 2 aliphatic rings. The van der Waals surface area contributed by atoms with Crippen molar-refractivity contribution in [3.05, 3.63) is 42.7 Å². The fourth-order valence-electron chi connectivity index (χ4n) is 3.62. The summed E-state index contributed by atoms with van der Waals surface area (Å²) in [4.78, 5) is 23.0. The number of aromatic nitrogens is 2. The van der Waals surface area contributed by atoms with Crippen LogP contribution in [0.2, 0.25) is 0 Å². The van der Waals surface area contributed by atoms with Crippen molar-refractivity contribution in [3.8, 4) is 0 Å². The molecule has 2 aliphatic heterocycles. The number of nitrogens with zero attached hydrogens (tertiary/aromatic N) is 3. The Morgan fingerprint density at radius 2 is 2.38 bits per heavy atom. The fraction of sp³-hybridized carbons (Fsp3) is 0.471. The quantitative estimate of drug-likeness (QED) is 0.920. The molecule has 0 aliphatic carbocycles. The minimum absolute atomic E-state index is 0.0334. The molecular formula is C17H20N4O3. The van der Waals surface area contributed by atoms with Crippen molar-refractivity contribution in [3.63, 3.8) is 0 Å². The van der Waals surface area contributed by atoms with Crippen LogP contribution in [0.5, 0.6) is 0 Å². The van der Waals surface area contributed by atoms with Crippen molar-refractivity contribution >= 4 is 11.7 Å². The number of piperidine rings is 1. The van der Waals surface area contributed by atoms with Crippen LogP contribution in [0.15, 0.2) is 41.4 Å². The Morgan fingerprint density at radius 1 is 1.42 bits per heavy atom.